The Kier molecular flexibility index (Phi) is 7.37. The maximum Gasteiger partial charge on any atom is 0.363 e. The number of nitrogens with zero attached hydrogens (tertiary/aromatic N) is 1. The van der Waals surface area contributed by atoms with E-state index in [4.69, 9.17) is 21.1 Å². The minimum Gasteiger partial charge on any atom is -0.487 e. The summed E-state index contributed by atoms with van der Waals surface area (Å²) in [5, 5.41) is 0.683. The summed E-state index contributed by atoms with van der Waals surface area (Å²) < 4.78 is 12.9. The highest BCUT2D eigenvalue weighted by molar-refractivity contribution is 9.11. The van der Waals surface area contributed by atoms with Crippen LogP contribution in [0, 0.1) is 0 Å². The van der Waals surface area contributed by atoms with E-state index in [-0.39, 0.29) is 5.70 Å². The lowest BCUT2D eigenvalue weighted by Crippen LogP contribution is -2.05. The number of hydrogen-bond donors (Lipinski definition) is 0. The van der Waals surface area contributed by atoms with E-state index in [1.165, 1.54) is 5.56 Å². The van der Waals surface area contributed by atoms with Crippen LogP contribution in [0.25, 0.3) is 6.08 Å². The molecular weight excluding hydrogens is 570 g/mol. The molecule has 0 amide bonds. The van der Waals surface area contributed by atoms with Gasteiger partial charge in [-0.05, 0) is 96.9 Å². The molecule has 3 aromatic rings. The van der Waals surface area contributed by atoms with Crippen molar-refractivity contribution in [2.45, 2.75) is 26.4 Å². The molecule has 0 saturated heterocycles. The molecule has 4 nitrogen and oxygen atoms in total. The zero-order valence-corrected chi connectivity index (χ0v) is 21.9. The molecule has 0 fully saturated rings. The van der Waals surface area contributed by atoms with Crippen molar-refractivity contribution in [3.05, 3.63) is 103 Å². The Balaban J connectivity index is 1.53. The van der Waals surface area contributed by atoms with Gasteiger partial charge >= 0.3 is 5.97 Å². The van der Waals surface area contributed by atoms with Gasteiger partial charge in [-0.25, -0.2) is 9.79 Å². The predicted octanol–water partition coefficient (Wildman–Crippen LogP) is 7.91. The summed E-state index contributed by atoms with van der Waals surface area (Å²) in [5.74, 6) is 0.920. The SMILES string of the molecule is CC(C)c1ccc(C2=N/C(=C\c3cc(Br)c(OCc4ccc(Cl)cc4)c(Br)c3)C(=O)O2)cc1. The molecule has 0 aliphatic carbocycles. The lowest BCUT2D eigenvalue weighted by Gasteiger charge is -2.11. The number of ether oxygens (including phenoxy) is 2. The largest absolute Gasteiger partial charge is 0.487 e. The molecule has 33 heavy (non-hydrogen) atoms. The molecule has 3 aromatic carbocycles. The van der Waals surface area contributed by atoms with E-state index < -0.39 is 5.97 Å². The van der Waals surface area contributed by atoms with Gasteiger partial charge in [0.1, 0.15) is 12.4 Å². The minimum atomic E-state index is -0.478. The Labute approximate surface area is 214 Å². The standard InChI is InChI=1S/C26H20Br2ClNO3/c1-15(2)18-5-7-19(8-6-18)25-30-23(26(31)33-25)13-17-11-21(27)24(22(28)12-17)32-14-16-3-9-20(29)10-4-16/h3-13,15H,14H2,1-2H3/b23-13-. The molecule has 0 radical (unpaired) electrons. The number of cyclic esters (lactones) is 1. The van der Waals surface area contributed by atoms with Gasteiger partial charge in [-0.15, -0.1) is 0 Å². The maximum absolute atomic E-state index is 12.4. The Morgan fingerprint density at radius 2 is 1.67 bits per heavy atom. The fraction of sp³-hybridized carbons (Fsp3) is 0.154. The summed E-state index contributed by atoms with van der Waals surface area (Å²) in [6.07, 6.45) is 1.69. The van der Waals surface area contributed by atoms with Gasteiger partial charge in [-0.1, -0.05) is 49.7 Å². The fourth-order valence-corrected chi connectivity index (χ4v) is 4.81. The first-order valence-electron chi connectivity index (χ1n) is 10.3. The summed E-state index contributed by atoms with van der Waals surface area (Å²) in [7, 11) is 0. The zero-order chi connectivity index (χ0) is 23.5. The van der Waals surface area contributed by atoms with E-state index in [0.717, 1.165) is 25.6 Å². The normalized spacial score (nSPS) is 14.5. The topological polar surface area (TPSA) is 47.9 Å². The van der Waals surface area contributed by atoms with Crippen LogP contribution in [0.3, 0.4) is 0 Å². The molecular formula is C26H20Br2ClNO3. The van der Waals surface area contributed by atoms with Crippen LogP contribution in [0.2, 0.25) is 5.02 Å². The van der Waals surface area contributed by atoms with Crippen LogP contribution in [-0.2, 0) is 16.1 Å². The highest BCUT2D eigenvalue weighted by atomic mass is 79.9. The monoisotopic (exact) mass is 587 g/mol. The quantitative estimate of drug-likeness (QED) is 0.217. The third-order valence-electron chi connectivity index (χ3n) is 5.07. The molecule has 0 aromatic heterocycles. The summed E-state index contributed by atoms with van der Waals surface area (Å²) in [6, 6.07) is 19.1. The number of hydrogen-bond acceptors (Lipinski definition) is 4. The molecule has 1 heterocycles. The van der Waals surface area contributed by atoms with Crippen LogP contribution in [-0.4, -0.2) is 11.9 Å². The van der Waals surface area contributed by atoms with Gasteiger partial charge in [0.25, 0.3) is 0 Å². The summed E-state index contributed by atoms with van der Waals surface area (Å²) in [4.78, 5) is 16.8. The average Bonchev–Trinajstić information content (AvgIpc) is 3.14. The van der Waals surface area contributed by atoms with Crippen LogP contribution < -0.4 is 4.74 Å². The van der Waals surface area contributed by atoms with E-state index in [0.29, 0.717) is 29.2 Å². The Morgan fingerprint density at radius 1 is 1.03 bits per heavy atom. The second-order valence-corrected chi connectivity index (χ2v) is 9.99. The van der Waals surface area contributed by atoms with E-state index >= 15 is 0 Å². The second kappa shape index (κ2) is 10.2. The smallest absolute Gasteiger partial charge is 0.363 e. The summed E-state index contributed by atoms with van der Waals surface area (Å²) in [6.45, 7) is 4.66. The summed E-state index contributed by atoms with van der Waals surface area (Å²) >= 11 is 13.0. The molecule has 0 unspecified atom stereocenters. The first-order chi connectivity index (χ1) is 15.8. The van der Waals surface area contributed by atoms with E-state index in [9.17, 15) is 4.79 Å². The van der Waals surface area contributed by atoms with Gasteiger partial charge in [0.05, 0.1) is 8.95 Å². The van der Waals surface area contributed by atoms with E-state index in [1.54, 1.807) is 6.08 Å². The van der Waals surface area contributed by atoms with Crippen molar-refractivity contribution in [3.63, 3.8) is 0 Å². The highest BCUT2D eigenvalue weighted by Crippen LogP contribution is 2.36. The lowest BCUT2D eigenvalue weighted by molar-refractivity contribution is -0.129. The summed E-state index contributed by atoms with van der Waals surface area (Å²) in [5.41, 5.74) is 4.00. The van der Waals surface area contributed by atoms with Crippen LogP contribution >= 0.6 is 43.5 Å². The first kappa shape index (κ1) is 23.7. The van der Waals surface area contributed by atoms with E-state index in [1.807, 2.05) is 60.7 Å². The van der Waals surface area contributed by atoms with Crippen LogP contribution in [0.5, 0.6) is 5.75 Å². The Morgan fingerprint density at radius 3 is 2.27 bits per heavy atom. The number of halogens is 3. The van der Waals surface area contributed by atoms with Crippen LogP contribution in [0.15, 0.2) is 80.3 Å². The van der Waals surface area contributed by atoms with Crippen LogP contribution in [0.1, 0.15) is 42.0 Å². The average molecular weight is 590 g/mol. The Bertz CT molecular complexity index is 1230. The first-order valence-corrected chi connectivity index (χ1v) is 12.3. The van der Waals surface area contributed by atoms with Gasteiger partial charge in [-0.2, -0.15) is 0 Å². The van der Waals surface area contributed by atoms with Gasteiger partial charge in [0.15, 0.2) is 5.70 Å². The van der Waals surface area contributed by atoms with Gasteiger partial charge in [0.2, 0.25) is 5.90 Å². The molecule has 0 saturated carbocycles. The van der Waals surface area contributed by atoms with Crippen molar-refractivity contribution >= 4 is 61.4 Å². The van der Waals surface area contributed by atoms with Crippen molar-refractivity contribution in [2.75, 3.05) is 0 Å². The number of carbonyl (C=O) groups excluding carboxylic acids is 1. The number of aliphatic imine (C=N–C) groups is 1. The molecule has 0 spiro atoms. The van der Waals surface area contributed by atoms with Gasteiger partial charge in [0, 0.05) is 10.6 Å². The molecule has 4 rings (SSSR count). The van der Waals surface area contributed by atoms with Crippen LogP contribution in [0.4, 0.5) is 0 Å². The second-order valence-electron chi connectivity index (χ2n) is 7.84. The Hall–Kier alpha value is -2.41. The molecule has 0 N–H and O–H groups in total. The van der Waals surface area contributed by atoms with Crippen molar-refractivity contribution in [1.82, 2.24) is 0 Å². The van der Waals surface area contributed by atoms with Gasteiger partial charge in [-0.3, -0.25) is 0 Å². The molecule has 0 bridgehead atoms. The third kappa shape index (κ3) is 5.75. The molecule has 7 heteroatoms. The van der Waals surface area contributed by atoms with Crippen molar-refractivity contribution in [1.29, 1.82) is 0 Å². The number of rotatable bonds is 6. The van der Waals surface area contributed by atoms with E-state index in [2.05, 4.69) is 50.7 Å². The molecule has 0 atom stereocenters. The zero-order valence-electron chi connectivity index (χ0n) is 17.9. The van der Waals surface area contributed by atoms with Crippen molar-refractivity contribution < 1.29 is 14.3 Å². The molecule has 1 aliphatic heterocycles. The molecule has 168 valence electrons. The maximum atomic E-state index is 12.4. The third-order valence-corrected chi connectivity index (χ3v) is 6.50. The number of esters is 1. The minimum absolute atomic E-state index is 0.242. The highest BCUT2D eigenvalue weighted by Gasteiger charge is 2.24. The molecule has 1 aliphatic rings. The number of benzene rings is 3. The fourth-order valence-electron chi connectivity index (χ4n) is 3.24. The number of carbonyl (C=O) groups is 1. The van der Waals surface area contributed by atoms with Crippen molar-refractivity contribution in [3.8, 4) is 5.75 Å². The lowest BCUT2D eigenvalue weighted by atomic mass is 10.0. The predicted molar refractivity (Wildman–Crippen MR) is 139 cm³/mol. The van der Waals surface area contributed by atoms with Crippen molar-refractivity contribution in [2.24, 2.45) is 4.99 Å². The van der Waals surface area contributed by atoms with Gasteiger partial charge < -0.3 is 9.47 Å².